The topological polar surface area (TPSA) is 106 Å². The number of piperidine rings is 1. The van der Waals surface area contributed by atoms with Crippen LogP contribution in [0.5, 0.6) is 0 Å². The second-order valence-electron chi connectivity index (χ2n) is 10.4. The number of hydrogen-bond donors (Lipinski definition) is 0. The first-order valence-electron chi connectivity index (χ1n) is 12.2. The van der Waals surface area contributed by atoms with Gasteiger partial charge in [0, 0.05) is 37.2 Å². The van der Waals surface area contributed by atoms with Crippen LogP contribution >= 0.6 is 0 Å². The van der Waals surface area contributed by atoms with E-state index in [9.17, 15) is 22.0 Å². The van der Waals surface area contributed by atoms with Crippen LogP contribution < -0.4 is 0 Å². The van der Waals surface area contributed by atoms with E-state index in [0.29, 0.717) is 25.1 Å². The number of sulfonamides is 1. The number of carbonyl (C=O) groups is 1. The van der Waals surface area contributed by atoms with E-state index in [1.807, 2.05) is 30.3 Å². The fourth-order valence-corrected chi connectivity index (χ4v) is 6.89. The lowest BCUT2D eigenvalue weighted by atomic mass is 9.86. The Balaban J connectivity index is 1.45. The second-order valence-corrected chi connectivity index (χ2v) is 12.3. The molecule has 0 unspecified atom stereocenters. The number of fused-ring (bicyclic) bond motifs is 1. The zero-order chi connectivity index (χ0) is 27.2. The van der Waals surface area contributed by atoms with Crippen LogP contribution in [0.25, 0.3) is 11.5 Å². The lowest BCUT2D eigenvalue weighted by Crippen LogP contribution is -2.52. The molecule has 1 fully saturated rings. The molecule has 2 atom stereocenters. The average molecular weight is 547 g/mol. The molecular weight excluding hydrogens is 518 g/mol. The molecule has 0 N–H and O–H groups in total. The van der Waals surface area contributed by atoms with Gasteiger partial charge in [-0.1, -0.05) is 36.4 Å². The predicted molar refractivity (Wildman–Crippen MR) is 133 cm³/mol. The van der Waals surface area contributed by atoms with E-state index in [4.69, 9.17) is 9.15 Å². The molecule has 1 aromatic heterocycles. The first kappa shape index (κ1) is 26.2. The Morgan fingerprint density at radius 3 is 2.53 bits per heavy atom. The van der Waals surface area contributed by atoms with Crippen molar-refractivity contribution < 1.29 is 31.1 Å². The van der Waals surface area contributed by atoms with Crippen molar-refractivity contribution in [1.29, 1.82) is 0 Å². The number of alkyl halides is 2. The van der Waals surface area contributed by atoms with Crippen molar-refractivity contribution in [3.8, 4) is 11.5 Å². The summed E-state index contributed by atoms with van der Waals surface area (Å²) in [5.74, 6) is -1.29. The van der Waals surface area contributed by atoms with Gasteiger partial charge in [0.25, 0.3) is 5.89 Å². The Morgan fingerprint density at radius 2 is 1.87 bits per heavy atom. The van der Waals surface area contributed by atoms with Crippen LogP contribution in [0.2, 0.25) is 0 Å². The van der Waals surface area contributed by atoms with Gasteiger partial charge in [-0.3, -0.25) is 0 Å². The van der Waals surface area contributed by atoms with Crippen LogP contribution in [-0.2, 0) is 21.3 Å². The third-order valence-corrected chi connectivity index (χ3v) is 8.63. The van der Waals surface area contributed by atoms with Crippen molar-refractivity contribution in [1.82, 2.24) is 19.4 Å². The number of benzene rings is 2. The zero-order valence-corrected chi connectivity index (χ0v) is 22.0. The van der Waals surface area contributed by atoms with Gasteiger partial charge in [-0.05, 0) is 50.5 Å². The molecule has 2 aliphatic rings. The highest BCUT2D eigenvalue weighted by Crippen LogP contribution is 2.41. The Labute approximate surface area is 219 Å². The molecule has 9 nitrogen and oxygen atoms in total. The summed E-state index contributed by atoms with van der Waals surface area (Å²) >= 11 is 0. The van der Waals surface area contributed by atoms with E-state index in [1.165, 1.54) is 10.4 Å². The summed E-state index contributed by atoms with van der Waals surface area (Å²) in [7, 11) is -3.93. The quantitative estimate of drug-likeness (QED) is 0.455. The van der Waals surface area contributed by atoms with Crippen LogP contribution in [0.3, 0.4) is 0 Å². The molecule has 3 heterocycles. The van der Waals surface area contributed by atoms with E-state index < -0.39 is 40.1 Å². The van der Waals surface area contributed by atoms with Gasteiger partial charge in [0.1, 0.15) is 5.60 Å². The van der Waals surface area contributed by atoms with E-state index in [-0.39, 0.29) is 28.8 Å². The van der Waals surface area contributed by atoms with Crippen LogP contribution in [0, 0.1) is 0 Å². The van der Waals surface area contributed by atoms with E-state index in [1.54, 1.807) is 37.8 Å². The molecule has 0 spiro atoms. The van der Waals surface area contributed by atoms with Crippen LogP contribution in [0.15, 0.2) is 57.8 Å². The standard InChI is InChI=1S/C26H28F2N4O5S/c1-26(2,3)37-25(33)31-12-11-20(19(15-31)16-7-5-4-6-8-16)32-14-18-10-9-17(13-21(18)38(32,34)35)23-29-30-24(36-23)22(27)28/h4-10,13,19-20,22H,11-12,14-15H2,1-3H3/t19-,20-/m1/s1. The van der Waals surface area contributed by atoms with Gasteiger partial charge in [-0.2, -0.15) is 13.1 Å². The average Bonchev–Trinajstić information content (AvgIpc) is 3.46. The van der Waals surface area contributed by atoms with Crippen LogP contribution in [-0.4, -0.2) is 58.6 Å². The fraction of sp³-hybridized carbons (Fsp3) is 0.423. The molecule has 0 saturated carbocycles. The van der Waals surface area contributed by atoms with Crippen molar-refractivity contribution in [3.05, 3.63) is 65.5 Å². The second kappa shape index (κ2) is 9.73. The first-order valence-corrected chi connectivity index (χ1v) is 13.7. The molecule has 0 radical (unpaired) electrons. The summed E-state index contributed by atoms with van der Waals surface area (Å²) in [5.41, 5.74) is 1.10. The third-order valence-electron chi connectivity index (χ3n) is 6.68. The normalized spacial score (nSPS) is 21.5. The summed E-state index contributed by atoms with van der Waals surface area (Å²) in [6.45, 7) is 6.21. The van der Waals surface area contributed by atoms with Crippen molar-refractivity contribution in [2.75, 3.05) is 13.1 Å². The molecule has 1 saturated heterocycles. The SMILES string of the molecule is CC(C)(C)OC(=O)N1CC[C@@H](N2Cc3ccc(-c4nnc(C(F)F)o4)cc3S2(=O)=O)[C@@H](c2ccccc2)C1. The molecule has 3 aromatic rings. The summed E-state index contributed by atoms with van der Waals surface area (Å²) in [4.78, 5) is 14.6. The highest BCUT2D eigenvalue weighted by atomic mass is 32.2. The third kappa shape index (κ3) is 5.02. The number of likely N-dealkylation sites (tertiary alicyclic amines) is 1. The molecule has 1 amide bonds. The number of carbonyl (C=O) groups excluding carboxylic acids is 1. The molecule has 0 aliphatic carbocycles. The Bertz CT molecular complexity index is 1440. The summed E-state index contributed by atoms with van der Waals surface area (Å²) in [6, 6.07) is 13.7. The Kier molecular flexibility index (Phi) is 6.72. The van der Waals surface area contributed by atoms with Gasteiger partial charge in [-0.25, -0.2) is 13.2 Å². The van der Waals surface area contributed by atoms with E-state index in [0.717, 1.165) is 5.56 Å². The van der Waals surface area contributed by atoms with Gasteiger partial charge in [0.05, 0.1) is 4.90 Å². The highest BCUT2D eigenvalue weighted by molar-refractivity contribution is 7.89. The number of amides is 1. The lowest BCUT2D eigenvalue weighted by molar-refractivity contribution is 0.0147. The summed E-state index contributed by atoms with van der Waals surface area (Å²) in [6.07, 6.45) is -2.94. The van der Waals surface area contributed by atoms with Crippen LogP contribution in [0.1, 0.15) is 56.6 Å². The number of nitrogens with zero attached hydrogens (tertiary/aromatic N) is 4. The monoisotopic (exact) mass is 546 g/mol. The number of halogens is 2. The van der Waals surface area contributed by atoms with Crippen molar-refractivity contribution in [2.45, 2.75) is 62.6 Å². The zero-order valence-electron chi connectivity index (χ0n) is 21.2. The molecule has 0 bridgehead atoms. The van der Waals surface area contributed by atoms with Gasteiger partial charge < -0.3 is 14.1 Å². The number of aromatic nitrogens is 2. The van der Waals surface area contributed by atoms with Gasteiger partial charge >= 0.3 is 12.5 Å². The molecule has 202 valence electrons. The summed E-state index contributed by atoms with van der Waals surface area (Å²) < 4.78 is 65.5. The van der Waals surface area contributed by atoms with Gasteiger partial charge in [-0.15, -0.1) is 10.2 Å². The first-order chi connectivity index (χ1) is 17.9. The molecule has 2 aromatic carbocycles. The van der Waals surface area contributed by atoms with Gasteiger partial charge in [0.15, 0.2) is 0 Å². The van der Waals surface area contributed by atoms with Crippen molar-refractivity contribution in [3.63, 3.8) is 0 Å². The molecule has 38 heavy (non-hydrogen) atoms. The minimum absolute atomic E-state index is 0.0770. The summed E-state index contributed by atoms with van der Waals surface area (Å²) in [5, 5.41) is 6.97. The lowest BCUT2D eigenvalue weighted by Gasteiger charge is -2.42. The highest BCUT2D eigenvalue weighted by Gasteiger charge is 2.45. The maximum Gasteiger partial charge on any atom is 0.410 e. The number of rotatable bonds is 4. The number of hydrogen-bond acceptors (Lipinski definition) is 7. The van der Waals surface area contributed by atoms with Gasteiger partial charge in [0.2, 0.25) is 15.9 Å². The smallest absolute Gasteiger partial charge is 0.410 e. The molecule has 2 aliphatic heterocycles. The van der Waals surface area contributed by atoms with Crippen LogP contribution in [0.4, 0.5) is 13.6 Å². The Morgan fingerprint density at radius 1 is 1.13 bits per heavy atom. The molecule has 12 heteroatoms. The largest absolute Gasteiger partial charge is 0.444 e. The minimum Gasteiger partial charge on any atom is -0.444 e. The maximum atomic E-state index is 13.8. The minimum atomic E-state index is -3.93. The van der Waals surface area contributed by atoms with Crippen molar-refractivity contribution >= 4 is 16.1 Å². The van der Waals surface area contributed by atoms with E-state index in [2.05, 4.69) is 10.2 Å². The van der Waals surface area contributed by atoms with E-state index >= 15 is 0 Å². The maximum absolute atomic E-state index is 13.8. The molecule has 5 rings (SSSR count). The van der Waals surface area contributed by atoms with Crippen molar-refractivity contribution in [2.24, 2.45) is 0 Å². The Hall–Kier alpha value is -3.38. The molecular formula is C26H28F2N4O5S. The number of ether oxygens (including phenoxy) is 1. The fourth-order valence-electron chi connectivity index (χ4n) is 4.98. The predicted octanol–water partition coefficient (Wildman–Crippen LogP) is 4.97.